The van der Waals surface area contributed by atoms with Crippen LogP contribution in [0.15, 0.2) is 42.6 Å². The van der Waals surface area contributed by atoms with Crippen LogP contribution in [-0.2, 0) is 15.0 Å². The molecule has 1 unspecified atom stereocenters. The molecule has 2 N–H and O–H groups in total. The molecular formula is C15H16F2N2O2S. The van der Waals surface area contributed by atoms with Crippen LogP contribution in [0.25, 0.3) is 11.3 Å². The average molecular weight is 326 g/mol. The lowest BCUT2D eigenvalue weighted by molar-refractivity contribution is 0.197. The predicted molar refractivity (Wildman–Crippen MR) is 80.4 cm³/mol. The molecule has 0 saturated heterocycles. The number of sulfonamides is 1. The Kier molecular flexibility index (Phi) is 4.30. The SMILES string of the molecule is CC(C)C(F)(c1ccnc(-c2ccc(F)cc2)c1)S(N)(=O)=O. The molecule has 0 aliphatic rings. The zero-order chi connectivity index (χ0) is 16.5. The molecule has 0 aliphatic carbocycles. The molecule has 1 aromatic carbocycles. The highest BCUT2D eigenvalue weighted by Crippen LogP contribution is 2.38. The molecule has 7 heteroatoms. The minimum Gasteiger partial charge on any atom is -0.256 e. The van der Waals surface area contributed by atoms with Crippen LogP contribution in [0, 0.1) is 11.7 Å². The Morgan fingerprint density at radius 3 is 2.27 bits per heavy atom. The Bertz CT molecular complexity index is 776. The number of hydrogen-bond donors (Lipinski definition) is 1. The monoisotopic (exact) mass is 326 g/mol. The van der Waals surface area contributed by atoms with Gasteiger partial charge in [0.25, 0.3) is 5.00 Å². The Labute approximate surface area is 128 Å². The van der Waals surface area contributed by atoms with Crippen molar-refractivity contribution in [3.05, 3.63) is 54.0 Å². The van der Waals surface area contributed by atoms with Crippen LogP contribution in [0.5, 0.6) is 0 Å². The number of nitrogens with zero attached hydrogens (tertiary/aromatic N) is 1. The lowest BCUT2D eigenvalue weighted by atomic mass is 9.98. The van der Waals surface area contributed by atoms with Gasteiger partial charge in [-0.3, -0.25) is 4.98 Å². The van der Waals surface area contributed by atoms with Crippen molar-refractivity contribution in [1.29, 1.82) is 0 Å². The molecule has 2 rings (SSSR count). The van der Waals surface area contributed by atoms with Gasteiger partial charge >= 0.3 is 0 Å². The Hall–Kier alpha value is -1.86. The fraction of sp³-hybridized carbons (Fsp3) is 0.267. The van der Waals surface area contributed by atoms with Crippen molar-refractivity contribution in [2.45, 2.75) is 18.8 Å². The van der Waals surface area contributed by atoms with Gasteiger partial charge < -0.3 is 0 Å². The Morgan fingerprint density at radius 2 is 1.77 bits per heavy atom. The number of rotatable bonds is 4. The summed E-state index contributed by atoms with van der Waals surface area (Å²) in [7, 11) is -4.48. The molecule has 0 spiro atoms. The molecule has 1 heterocycles. The van der Waals surface area contributed by atoms with E-state index in [0.29, 0.717) is 11.3 Å². The van der Waals surface area contributed by atoms with E-state index in [-0.39, 0.29) is 5.56 Å². The number of benzene rings is 1. The second-order valence-corrected chi connectivity index (χ2v) is 6.97. The van der Waals surface area contributed by atoms with Crippen LogP contribution in [0.1, 0.15) is 19.4 Å². The molecule has 2 aromatic rings. The lowest BCUT2D eigenvalue weighted by Crippen LogP contribution is -2.41. The summed E-state index contributed by atoms with van der Waals surface area (Å²) >= 11 is 0. The number of alkyl halides is 1. The largest absolute Gasteiger partial charge is 0.256 e. The van der Waals surface area contributed by atoms with E-state index < -0.39 is 26.8 Å². The van der Waals surface area contributed by atoms with Gasteiger partial charge in [0.1, 0.15) is 5.82 Å². The third kappa shape index (κ3) is 2.86. The van der Waals surface area contributed by atoms with E-state index in [0.717, 1.165) is 0 Å². The molecule has 118 valence electrons. The van der Waals surface area contributed by atoms with Crippen LogP contribution in [0.4, 0.5) is 8.78 Å². The summed E-state index contributed by atoms with van der Waals surface area (Å²) in [6.45, 7) is 2.87. The third-order valence-electron chi connectivity index (χ3n) is 3.45. The summed E-state index contributed by atoms with van der Waals surface area (Å²) < 4.78 is 51.5. The van der Waals surface area contributed by atoms with Crippen LogP contribution in [-0.4, -0.2) is 13.4 Å². The first-order chi connectivity index (χ1) is 10.2. The molecule has 1 atom stereocenters. The fourth-order valence-electron chi connectivity index (χ4n) is 2.25. The fourth-order valence-corrected chi connectivity index (χ4v) is 3.36. The maximum atomic E-state index is 15.1. The van der Waals surface area contributed by atoms with E-state index in [4.69, 9.17) is 5.14 Å². The normalized spacial score (nSPS) is 14.8. The van der Waals surface area contributed by atoms with E-state index in [1.165, 1.54) is 56.4 Å². The molecule has 0 radical (unpaired) electrons. The third-order valence-corrected chi connectivity index (χ3v) is 4.99. The molecule has 0 aliphatic heterocycles. The van der Waals surface area contributed by atoms with Crippen LogP contribution < -0.4 is 5.14 Å². The van der Waals surface area contributed by atoms with Crippen LogP contribution in [0.2, 0.25) is 0 Å². The number of aromatic nitrogens is 1. The van der Waals surface area contributed by atoms with Crippen molar-refractivity contribution in [3.63, 3.8) is 0 Å². The maximum Gasteiger partial charge on any atom is 0.251 e. The van der Waals surface area contributed by atoms with E-state index in [1.807, 2.05) is 0 Å². The summed E-state index contributed by atoms with van der Waals surface area (Å²) in [6.07, 6.45) is 1.30. The van der Waals surface area contributed by atoms with Gasteiger partial charge in [0, 0.05) is 23.2 Å². The van der Waals surface area contributed by atoms with Crippen molar-refractivity contribution in [3.8, 4) is 11.3 Å². The molecule has 0 fully saturated rings. The van der Waals surface area contributed by atoms with Crippen molar-refractivity contribution in [2.75, 3.05) is 0 Å². The van der Waals surface area contributed by atoms with Crippen molar-refractivity contribution in [2.24, 2.45) is 11.1 Å². The number of primary sulfonamides is 1. The molecule has 0 saturated carbocycles. The predicted octanol–water partition coefficient (Wildman–Crippen LogP) is 2.95. The van der Waals surface area contributed by atoms with Gasteiger partial charge in [-0.1, -0.05) is 13.8 Å². The summed E-state index contributed by atoms with van der Waals surface area (Å²) in [5.74, 6) is -1.29. The highest BCUT2D eigenvalue weighted by atomic mass is 32.2. The van der Waals surface area contributed by atoms with Gasteiger partial charge in [0.15, 0.2) is 0 Å². The summed E-state index contributed by atoms with van der Waals surface area (Å²) in [5.41, 5.74) is 0.784. The molecule has 1 aromatic heterocycles. The first-order valence-corrected chi connectivity index (χ1v) is 8.14. The minimum atomic E-state index is -4.48. The van der Waals surface area contributed by atoms with Gasteiger partial charge in [-0.25, -0.2) is 22.3 Å². The molecule has 0 bridgehead atoms. The zero-order valence-corrected chi connectivity index (χ0v) is 12.9. The maximum absolute atomic E-state index is 15.1. The summed E-state index contributed by atoms with van der Waals surface area (Å²) in [6, 6.07) is 8.04. The summed E-state index contributed by atoms with van der Waals surface area (Å²) in [4.78, 5) is 4.07. The van der Waals surface area contributed by atoms with E-state index in [1.54, 1.807) is 0 Å². The van der Waals surface area contributed by atoms with Crippen molar-refractivity contribution in [1.82, 2.24) is 4.98 Å². The van der Waals surface area contributed by atoms with Gasteiger partial charge in [-0.05, 0) is 36.4 Å². The number of nitrogens with two attached hydrogens (primary N) is 1. The van der Waals surface area contributed by atoms with Crippen molar-refractivity contribution >= 4 is 10.0 Å². The molecule has 22 heavy (non-hydrogen) atoms. The van der Waals surface area contributed by atoms with Gasteiger partial charge in [-0.2, -0.15) is 0 Å². The van der Waals surface area contributed by atoms with Crippen LogP contribution in [0.3, 0.4) is 0 Å². The van der Waals surface area contributed by atoms with E-state index in [9.17, 15) is 12.8 Å². The first kappa shape index (κ1) is 16.5. The highest BCUT2D eigenvalue weighted by molar-refractivity contribution is 7.90. The van der Waals surface area contributed by atoms with Gasteiger partial charge in [-0.15, -0.1) is 0 Å². The second-order valence-electron chi connectivity index (χ2n) is 5.28. The second kappa shape index (κ2) is 5.73. The van der Waals surface area contributed by atoms with Crippen LogP contribution >= 0.6 is 0 Å². The average Bonchev–Trinajstić information content (AvgIpc) is 2.46. The van der Waals surface area contributed by atoms with Crippen molar-refractivity contribution < 1.29 is 17.2 Å². The smallest absolute Gasteiger partial charge is 0.251 e. The Balaban J connectivity index is 2.58. The standard InChI is InChI=1S/C15H16F2N2O2S/c1-10(2)15(17,22(18,20)21)12-7-8-19-14(9-12)11-3-5-13(16)6-4-11/h3-10H,1-2H3,(H2,18,20,21). The van der Waals surface area contributed by atoms with E-state index in [2.05, 4.69) is 4.98 Å². The molecule has 4 nitrogen and oxygen atoms in total. The zero-order valence-electron chi connectivity index (χ0n) is 12.1. The molecular weight excluding hydrogens is 310 g/mol. The highest BCUT2D eigenvalue weighted by Gasteiger charge is 2.47. The summed E-state index contributed by atoms with van der Waals surface area (Å²) in [5, 5.41) is 2.37. The lowest BCUT2D eigenvalue weighted by Gasteiger charge is -2.27. The minimum absolute atomic E-state index is 0.0978. The Morgan fingerprint density at radius 1 is 1.18 bits per heavy atom. The number of hydrogen-bond acceptors (Lipinski definition) is 3. The molecule has 0 amide bonds. The first-order valence-electron chi connectivity index (χ1n) is 6.60. The number of halogens is 2. The van der Waals surface area contributed by atoms with Gasteiger partial charge in [0.2, 0.25) is 10.0 Å². The van der Waals surface area contributed by atoms with Gasteiger partial charge in [0.05, 0.1) is 5.69 Å². The number of pyridine rings is 1. The quantitative estimate of drug-likeness (QED) is 0.939. The van der Waals surface area contributed by atoms with E-state index >= 15 is 4.39 Å². The topological polar surface area (TPSA) is 73.0 Å².